The number of carbonyl (C=O) groups is 1. The highest BCUT2D eigenvalue weighted by atomic mass is 16.2. The summed E-state index contributed by atoms with van der Waals surface area (Å²) in [5.41, 5.74) is 9.20. The average molecular weight is 608 g/mol. The molecule has 0 aromatic heterocycles. The smallest absolute Gasteiger partial charge is 0.236 e. The van der Waals surface area contributed by atoms with Crippen molar-refractivity contribution in [1.29, 1.82) is 0 Å². The molecule has 3 aliphatic rings. The Balaban J connectivity index is 0.00000162. The van der Waals surface area contributed by atoms with Gasteiger partial charge in [-0.1, -0.05) is 93.2 Å². The summed E-state index contributed by atoms with van der Waals surface area (Å²) in [5, 5.41) is 0. The van der Waals surface area contributed by atoms with Crippen LogP contribution in [0.5, 0.6) is 0 Å². The van der Waals surface area contributed by atoms with Crippen molar-refractivity contribution in [2.24, 2.45) is 4.99 Å². The zero-order chi connectivity index (χ0) is 32.5. The van der Waals surface area contributed by atoms with Gasteiger partial charge in [0.1, 0.15) is 0 Å². The molecule has 1 saturated carbocycles. The maximum absolute atomic E-state index is 13.7. The molecule has 1 aromatic rings. The summed E-state index contributed by atoms with van der Waals surface area (Å²) < 4.78 is 0. The molecule has 4 rings (SSSR count). The predicted molar refractivity (Wildman–Crippen MR) is 193 cm³/mol. The fourth-order valence-electron chi connectivity index (χ4n) is 7.04. The van der Waals surface area contributed by atoms with Crippen molar-refractivity contribution in [2.45, 2.75) is 170 Å². The van der Waals surface area contributed by atoms with E-state index in [4.69, 9.17) is 4.99 Å². The first-order valence-electron chi connectivity index (χ1n) is 18.9. The number of unbranched alkanes of at least 4 members (excludes halogenated alkanes) is 2. The van der Waals surface area contributed by atoms with Crippen molar-refractivity contribution in [3.63, 3.8) is 0 Å². The molecule has 0 N–H and O–H groups in total. The number of benzene rings is 1. The van der Waals surface area contributed by atoms with Gasteiger partial charge in [0.25, 0.3) is 0 Å². The first-order chi connectivity index (χ1) is 21.5. The third-order valence-electron chi connectivity index (χ3n) is 9.37. The zero-order valence-corrected chi connectivity index (χ0v) is 30.4. The van der Waals surface area contributed by atoms with Crippen molar-refractivity contribution in [3.8, 4) is 0 Å². The molecule has 0 spiro atoms. The molecule has 44 heavy (non-hydrogen) atoms. The minimum absolute atomic E-state index is 0.339. The third-order valence-corrected chi connectivity index (χ3v) is 9.37. The largest absolute Gasteiger partial charge is 0.342 e. The quantitative estimate of drug-likeness (QED) is 0.177. The minimum Gasteiger partial charge on any atom is -0.342 e. The van der Waals surface area contributed by atoms with E-state index in [0.717, 1.165) is 76.9 Å². The highest BCUT2D eigenvalue weighted by molar-refractivity contribution is 5.89. The van der Waals surface area contributed by atoms with E-state index in [2.05, 4.69) is 56.6 Å². The first kappa shape index (κ1) is 38.2. The Bertz CT molecular complexity index is 1000. The van der Waals surface area contributed by atoms with Gasteiger partial charge in [0.15, 0.2) is 0 Å². The van der Waals surface area contributed by atoms with Crippen molar-refractivity contribution < 1.29 is 4.79 Å². The average Bonchev–Trinajstić information content (AvgIpc) is 3.66. The molecule has 250 valence electrons. The number of allylic oxidation sites excluding steroid dienone is 1. The van der Waals surface area contributed by atoms with Gasteiger partial charge in [0, 0.05) is 44.0 Å². The minimum atomic E-state index is 0.339. The second-order valence-corrected chi connectivity index (χ2v) is 13.0. The van der Waals surface area contributed by atoms with E-state index in [1.807, 2.05) is 33.9 Å². The predicted octanol–water partition coefficient (Wildman–Crippen LogP) is 10.6. The Morgan fingerprint density at radius 2 is 1.45 bits per heavy atom. The molecule has 4 heteroatoms. The van der Waals surface area contributed by atoms with Crippen LogP contribution in [0, 0.1) is 0 Å². The Morgan fingerprint density at radius 3 is 1.93 bits per heavy atom. The van der Waals surface area contributed by atoms with E-state index in [9.17, 15) is 4.79 Å². The van der Waals surface area contributed by atoms with Crippen LogP contribution in [0.1, 0.15) is 173 Å². The molecule has 2 aliphatic heterocycles. The van der Waals surface area contributed by atoms with Crippen LogP contribution in [-0.2, 0) is 17.6 Å². The molecule has 1 aromatic carbocycles. The van der Waals surface area contributed by atoms with E-state index in [0.29, 0.717) is 24.4 Å². The van der Waals surface area contributed by atoms with Crippen LogP contribution < -0.4 is 0 Å². The number of hydrogen-bond donors (Lipinski definition) is 0. The second-order valence-electron chi connectivity index (χ2n) is 13.0. The van der Waals surface area contributed by atoms with Crippen LogP contribution in [0.4, 0.5) is 0 Å². The number of amides is 1. The van der Waals surface area contributed by atoms with Gasteiger partial charge in [0.05, 0.1) is 6.54 Å². The number of rotatable bonds is 17. The van der Waals surface area contributed by atoms with Crippen molar-refractivity contribution in [2.75, 3.05) is 26.2 Å². The fourth-order valence-corrected chi connectivity index (χ4v) is 7.04. The lowest BCUT2D eigenvalue weighted by molar-refractivity contribution is -0.132. The Hall–Kier alpha value is -1.94. The number of likely N-dealkylation sites (tertiary alicyclic amines) is 1. The van der Waals surface area contributed by atoms with Crippen molar-refractivity contribution >= 4 is 11.6 Å². The van der Waals surface area contributed by atoms with Gasteiger partial charge in [-0.2, -0.15) is 0 Å². The molecule has 1 aliphatic carbocycles. The van der Waals surface area contributed by atoms with Gasteiger partial charge in [0.2, 0.25) is 5.91 Å². The lowest BCUT2D eigenvalue weighted by Crippen LogP contribution is -2.43. The summed E-state index contributed by atoms with van der Waals surface area (Å²) in [6, 6.07) is 5.63. The summed E-state index contributed by atoms with van der Waals surface area (Å²) in [7, 11) is 0. The van der Waals surface area contributed by atoms with E-state index in [1.165, 1.54) is 49.8 Å². The van der Waals surface area contributed by atoms with Crippen LogP contribution in [0.2, 0.25) is 0 Å². The summed E-state index contributed by atoms with van der Waals surface area (Å²) in [5.74, 6) is 1.66. The van der Waals surface area contributed by atoms with E-state index >= 15 is 0 Å². The van der Waals surface area contributed by atoms with Crippen molar-refractivity contribution in [1.82, 2.24) is 9.80 Å². The van der Waals surface area contributed by atoms with Gasteiger partial charge < -0.3 is 4.90 Å². The number of aryl methyl sites for hydroxylation is 2. The molecule has 4 nitrogen and oxygen atoms in total. The Morgan fingerprint density at radius 1 is 0.864 bits per heavy atom. The molecule has 2 fully saturated rings. The van der Waals surface area contributed by atoms with Crippen LogP contribution in [0.15, 0.2) is 28.9 Å². The monoisotopic (exact) mass is 608 g/mol. The molecule has 1 saturated heterocycles. The highest BCUT2D eigenvalue weighted by Gasteiger charge is 2.36. The van der Waals surface area contributed by atoms with Gasteiger partial charge in [-0.05, 0) is 104 Å². The lowest BCUT2D eigenvalue weighted by atomic mass is 9.85. The molecule has 1 amide bonds. The standard InChI is InChI=1S/C36H57N3O.2C2H6/c1-6-10-18-38(19-11-7-2)35(40)26-39-25-32(23-34(39)17-16-33-20-27(5)24-37-33)31-21-29(12-8-3)36(28-14-15-28)30(22-31)13-9-4;2*1-2/h21-22,24,28,32,34H,6-20,23,25-26H2,1-5H3;2*1-2H3. The van der Waals surface area contributed by atoms with Gasteiger partial charge in [-0.25, -0.2) is 0 Å². The molecule has 2 atom stereocenters. The summed E-state index contributed by atoms with van der Waals surface area (Å²) in [6.07, 6.45) is 18.4. The zero-order valence-electron chi connectivity index (χ0n) is 30.4. The second kappa shape index (κ2) is 21.0. The molecule has 0 radical (unpaired) electrons. The van der Waals surface area contributed by atoms with Gasteiger partial charge in [-0.15, -0.1) is 0 Å². The van der Waals surface area contributed by atoms with E-state index < -0.39 is 0 Å². The van der Waals surface area contributed by atoms with E-state index in [-0.39, 0.29) is 0 Å². The third kappa shape index (κ3) is 11.5. The lowest BCUT2D eigenvalue weighted by Gasteiger charge is -2.28. The molecule has 2 unspecified atom stereocenters. The highest BCUT2D eigenvalue weighted by Crippen LogP contribution is 2.46. The number of nitrogens with zero attached hydrogens (tertiary/aromatic N) is 3. The first-order valence-corrected chi connectivity index (χ1v) is 18.9. The molecular formula is C40H69N3O. The van der Waals surface area contributed by atoms with E-state index in [1.54, 1.807) is 22.3 Å². The van der Waals surface area contributed by atoms with Gasteiger partial charge in [-0.3, -0.25) is 14.7 Å². The normalized spacial score (nSPS) is 19.5. The molecular weight excluding hydrogens is 538 g/mol. The maximum atomic E-state index is 13.7. The molecule has 0 bridgehead atoms. The summed E-state index contributed by atoms with van der Waals surface area (Å²) in [4.78, 5) is 23.1. The topological polar surface area (TPSA) is 35.9 Å². The SMILES string of the molecule is CC.CC.CCCCN(CCCC)C(=O)CN1CC(c2cc(CCC)c(C3CC3)c(CCC)c2)CC1CCC1=NC=C(C)C1. The van der Waals surface area contributed by atoms with Crippen LogP contribution in [0.25, 0.3) is 0 Å². The van der Waals surface area contributed by atoms with Crippen LogP contribution >= 0.6 is 0 Å². The van der Waals surface area contributed by atoms with Crippen LogP contribution in [0.3, 0.4) is 0 Å². The van der Waals surface area contributed by atoms with Crippen molar-refractivity contribution in [3.05, 3.63) is 46.2 Å². The number of aliphatic imine (C=N–C) groups is 1. The Kier molecular flexibility index (Phi) is 18.2. The summed E-state index contributed by atoms with van der Waals surface area (Å²) in [6.45, 7) is 22.7. The van der Waals surface area contributed by atoms with Crippen LogP contribution in [-0.4, -0.2) is 53.6 Å². The fraction of sp³-hybridized carbons (Fsp3) is 0.750. The Labute approximate surface area is 273 Å². The van der Waals surface area contributed by atoms with Gasteiger partial charge >= 0.3 is 0 Å². The number of carbonyl (C=O) groups excluding carboxylic acids is 1. The summed E-state index contributed by atoms with van der Waals surface area (Å²) >= 11 is 0. The number of hydrogen-bond acceptors (Lipinski definition) is 3. The molecule has 2 heterocycles. The maximum Gasteiger partial charge on any atom is 0.236 e.